The highest BCUT2D eigenvalue weighted by molar-refractivity contribution is 8.00. The third-order valence-electron chi connectivity index (χ3n) is 1.93. The summed E-state index contributed by atoms with van der Waals surface area (Å²) in [6.07, 6.45) is 1.40. The molecule has 0 aliphatic carbocycles. The van der Waals surface area contributed by atoms with E-state index in [1.54, 1.807) is 35.2 Å². The minimum atomic E-state index is -0.940. The van der Waals surface area contributed by atoms with E-state index in [0.29, 0.717) is 0 Å². The number of thioether (sulfide) groups is 1. The third kappa shape index (κ3) is 2.84. The van der Waals surface area contributed by atoms with Gasteiger partial charge in [-0.2, -0.15) is 0 Å². The quantitative estimate of drug-likeness (QED) is 0.848. The standard InChI is InChI=1S/C11H9NO2S2/c13-11(14)8-3-4-9(12-6-8)7-16-10-2-1-5-15-10/h1-6H,7H2,(H,13,14). The predicted molar refractivity (Wildman–Crippen MR) is 65.1 cm³/mol. The molecule has 0 spiro atoms. The molecule has 1 N–H and O–H groups in total. The Bertz CT molecular complexity index is 465. The lowest BCUT2D eigenvalue weighted by Gasteiger charge is -1.99. The van der Waals surface area contributed by atoms with Crippen molar-refractivity contribution in [2.24, 2.45) is 0 Å². The lowest BCUT2D eigenvalue weighted by atomic mass is 10.2. The Labute approximate surface area is 101 Å². The molecule has 16 heavy (non-hydrogen) atoms. The fraction of sp³-hybridized carbons (Fsp3) is 0.0909. The lowest BCUT2D eigenvalue weighted by molar-refractivity contribution is 0.0696. The zero-order valence-corrected chi connectivity index (χ0v) is 9.92. The Morgan fingerprint density at radius 1 is 1.44 bits per heavy atom. The molecule has 0 radical (unpaired) electrons. The van der Waals surface area contributed by atoms with E-state index >= 15 is 0 Å². The van der Waals surface area contributed by atoms with Crippen LogP contribution in [0.25, 0.3) is 0 Å². The maximum atomic E-state index is 10.6. The van der Waals surface area contributed by atoms with Gasteiger partial charge >= 0.3 is 5.97 Å². The van der Waals surface area contributed by atoms with Gasteiger partial charge in [0, 0.05) is 11.9 Å². The van der Waals surface area contributed by atoms with Crippen LogP contribution >= 0.6 is 23.1 Å². The molecule has 5 heteroatoms. The molecule has 0 saturated carbocycles. The van der Waals surface area contributed by atoms with Gasteiger partial charge < -0.3 is 5.11 Å². The van der Waals surface area contributed by atoms with E-state index in [0.717, 1.165) is 11.4 Å². The summed E-state index contributed by atoms with van der Waals surface area (Å²) in [5.41, 5.74) is 1.12. The van der Waals surface area contributed by atoms with Crippen molar-refractivity contribution in [3.8, 4) is 0 Å². The highest BCUT2D eigenvalue weighted by Crippen LogP contribution is 2.26. The highest BCUT2D eigenvalue weighted by Gasteiger charge is 2.03. The van der Waals surface area contributed by atoms with Crippen molar-refractivity contribution >= 4 is 29.1 Å². The third-order valence-corrected chi connectivity index (χ3v) is 4.09. The number of aromatic carboxylic acids is 1. The van der Waals surface area contributed by atoms with Gasteiger partial charge in [-0.15, -0.1) is 23.1 Å². The van der Waals surface area contributed by atoms with Crippen molar-refractivity contribution in [1.29, 1.82) is 0 Å². The molecular formula is C11H9NO2S2. The number of thiophene rings is 1. The second kappa shape index (κ2) is 5.14. The average molecular weight is 251 g/mol. The summed E-state index contributed by atoms with van der Waals surface area (Å²) in [5, 5.41) is 10.7. The molecule has 82 valence electrons. The summed E-state index contributed by atoms with van der Waals surface area (Å²) in [6, 6.07) is 7.40. The number of hydrogen-bond acceptors (Lipinski definition) is 4. The second-order valence-electron chi connectivity index (χ2n) is 3.06. The second-order valence-corrected chi connectivity index (χ2v) is 5.29. The maximum absolute atomic E-state index is 10.6. The van der Waals surface area contributed by atoms with Gasteiger partial charge in [0.25, 0.3) is 0 Å². The molecule has 2 heterocycles. The molecule has 2 rings (SSSR count). The van der Waals surface area contributed by atoms with E-state index < -0.39 is 5.97 Å². The zero-order valence-electron chi connectivity index (χ0n) is 8.29. The van der Waals surface area contributed by atoms with Crippen LogP contribution in [0.4, 0.5) is 0 Å². The highest BCUT2D eigenvalue weighted by atomic mass is 32.2. The first-order valence-corrected chi connectivity index (χ1v) is 6.47. The van der Waals surface area contributed by atoms with Crippen molar-refractivity contribution in [1.82, 2.24) is 4.98 Å². The number of carbonyl (C=O) groups is 1. The molecule has 0 aliphatic heterocycles. The molecule has 2 aromatic heterocycles. The molecule has 0 bridgehead atoms. The molecule has 0 fully saturated rings. The van der Waals surface area contributed by atoms with E-state index in [1.165, 1.54) is 10.4 Å². The molecule has 3 nitrogen and oxygen atoms in total. The molecule has 2 aromatic rings. The van der Waals surface area contributed by atoms with Crippen LogP contribution in [0.3, 0.4) is 0 Å². The van der Waals surface area contributed by atoms with E-state index in [4.69, 9.17) is 5.11 Å². The van der Waals surface area contributed by atoms with Crippen LogP contribution in [-0.2, 0) is 5.75 Å². The largest absolute Gasteiger partial charge is 0.478 e. The normalized spacial score (nSPS) is 10.2. The number of carboxylic acid groups (broad SMARTS) is 1. The molecule has 0 saturated heterocycles. The van der Waals surface area contributed by atoms with E-state index in [1.807, 2.05) is 11.4 Å². The SMILES string of the molecule is O=C(O)c1ccc(CSc2cccs2)nc1. The Morgan fingerprint density at radius 3 is 2.88 bits per heavy atom. The molecule has 0 amide bonds. The molecule has 0 atom stereocenters. The summed E-state index contributed by atoms with van der Waals surface area (Å²) in [6.45, 7) is 0. The number of carboxylic acids is 1. The van der Waals surface area contributed by atoms with Crippen LogP contribution in [0.15, 0.2) is 40.1 Å². The van der Waals surface area contributed by atoms with Crippen molar-refractivity contribution in [3.05, 3.63) is 47.1 Å². The number of aromatic nitrogens is 1. The van der Waals surface area contributed by atoms with Crippen LogP contribution in [0.5, 0.6) is 0 Å². The Morgan fingerprint density at radius 2 is 2.31 bits per heavy atom. The minimum absolute atomic E-state index is 0.227. The van der Waals surface area contributed by atoms with Gasteiger partial charge in [0.2, 0.25) is 0 Å². The zero-order chi connectivity index (χ0) is 11.4. The number of rotatable bonds is 4. The van der Waals surface area contributed by atoms with Crippen molar-refractivity contribution in [3.63, 3.8) is 0 Å². The predicted octanol–water partition coefficient (Wildman–Crippen LogP) is 3.13. The van der Waals surface area contributed by atoms with Gasteiger partial charge in [-0.25, -0.2) is 4.79 Å². The number of hydrogen-bond donors (Lipinski definition) is 1. The first-order chi connectivity index (χ1) is 7.75. The summed E-state index contributed by atoms with van der Waals surface area (Å²) < 4.78 is 1.24. The summed E-state index contributed by atoms with van der Waals surface area (Å²) in [4.78, 5) is 14.7. The van der Waals surface area contributed by atoms with E-state index in [2.05, 4.69) is 11.1 Å². The number of nitrogens with zero attached hydrogens (tertiary/aromatic N) is 1. The Balaban J connectivity index is 1.98. The van der Waals surface area contributed by atoms with Crippen LogP contribution in [-0.4, -0.2) is 16.1 Å². The first-order valence-electron chi connectivity index (χ1n) is 4.60. The van der Waals surface area contributed by atoms with Crippen molar-refractivity contribution < 1.29 is 9.90 Å². The van der Waals surface area contributed by atoms with Gasteiger partial charge in [0.1, 0.15) is 0 Å². The fourth-order valence-corrected chi connectivity index (χ4v) is 2.83. The van der Waals surface area contributed by atoms with Gasteiger partial charge in [-0.3, -0.25) is 4.98 Å². The van der Waals surface area contributed by atoms with Crippen LogP contribution in [0.2, 0.25) is 0 Å². The van der Waals surface area contributed by atoms with Crippen LogP contribution in [0.1, 0.15) is 16.1 Å². The Hall–Kier alpha value is -1.33. The summed E-state index contributed by atoms with van der Waals surface area (Å²) in [5.74, 6) is -0.176. The summed E-state index contributed by atoms with van der Waals surface area (Å²) >= 11 is 3.39. The van der Waals surface area contributed by atoms with E-state index in [9.17, 15) is 4.79 Å². The molecule has 0 aliphatic rings. The first kappa shape index (κ1) is 11.2. The maximum Gasteiger partial charge on any atom is 0.337 e. The van der Waals surface area contributed by atoms with Gasteiger partial charge in [0.15, 0.2) is 0 Å². The topological polar surface area (TPSA) is 50.2 Å². The molecular weight excluding hydrogens is 242 g/mol. The summed E-state index contributed by atoms with van der Waals surface area (Å²) in [7, 11) is 0. The van der Waals surface area contributed by atoms with Gasteiger partial charge in [-0.05, 0) is 23.6 Å². The van der Waals surface area contributed by atoms with Crippen LogP contribution in [0, 0.1) is 0 Å². The minimum Gasteiger partial charge on any atom is -0.478 e. The molecule has 0 unspecified atom stereocenters. The van der Waals surface area contributed by atoms with Gasteiger partial charge in [-0.1, -0.05) is 6.07 Å². The van der Waals surface area contributed by atoms with Crippen molar-refractivity contribution in [2.75, 3.05) is 0 Å². The van der Waals surface area contributed by atoms with Crippen LogP contribution < -0.4 is 0 Å². The monoisotopic (exact) mass is 251 g/mol. The fourth-order valence-electron chi connectivity index (χ4n) is 1.13. The smallest absolute Gasteiger partial charge is 0.337 e. The Kier molecular flexibility index (Phi) is 3.58. The van der Waals surface area contributed by atoms with E-state index in [-0.39, 0.29) is 5.56 Å². The lowest BCUT2D eigenvalue weighted by Crippen LogP contribution is -1.97. The van der Waals surface area contributed by atoms with Gasteiger partial charge in [0.05, 0.1) is 15.5 Å². The number of pyridine rings is 1. The average Bonchev–Trinajstić information content (AvgIpc) is 2.80. The van der Waals surface area contributed by atoms with Crippen molar-refractivity contribution in [2.45, 2.75) is 9.96 Å². The molecule has 0 aromatic carbocycles.